The summed E-state index contributed by atoms with van der Waals surface area (Å²) >= 11 is 0. The van der Waals surface area contributed by atoms with Gasteiger partial charge in [-0.3, -0.25) is 9.59 Å². The van der Waals surface area contributed by atoms with Crippen LogP contribution in [0.25, 0.3) is 5.76 Å². The summed E-state index contributed by atoms with van der Waals surface area (Å²) in [6.07, 6.45) is -0.135. The lowest BCUT2D eigenvalue weighted by atomic mass is 9.94. The van der Waals surface area contributed by atoms with Crippen molar-refractivity contribution in [3.63, 3.8) is 0 Å². The first kappa shape index (κ1) is 21.5. The predicted molar refractivity (Wildman–Crippen MR) is 109 cm³/mol. The minimum absolute atomic E-state index is 0.0671. The average molecular weight is 413 g/mol. The number of ether oxygens (including phenoxy) is 2. The Morgan fingerprint density at radius 2 is 1.80 bits per heavy atom. The van der Waals surface area contributed by atoms with E-state index in [0.717, 1.165) is 0 Å². The Labute approximate surface area is 174 Å². The summed E-state index contributed by atoms with van der Waals surface area (Å²) in [5, 5.41) is 10.9. The van der Waals surface area contributed by atoms with Gasteiger partial charge in [-0.05, 0) is 44.2 Å². The minimum atomic E-state index is -0.861. The van der Waals surface area contributed by atoms with Crippen molar-refractivity contribution in [2.45, 2.75) is 26.0 Å². The van der Waals surface area contributed by atoms with Crippen molar-refractivity contribution >= 4 is 17.4 Å². The van der Waals surface area contributed by atoms with E-state index in [1.807, 2.05) is 13.8 Å². The van der Waals surface area contributed by atoms with Gasteiger partial charge in [0.2, 0.25) is 0 Å². The first-order valence-corrected chi connectivity index (χ1v) is 9.64. The maximum atomic E-state index is 13.3. The molecule has 1 amide bonds. The van der Waals surface area contributed by atoms with Crippen LogP contribution in [0, 0.1) is 5.82 Å². The van der Waals surface area contributed by atoms with Crippen molar-refractivity contribution in [1.29, 1.82) is 0 Å². The van der Waals surface area contributed by atoms with Gasteiger partial charge in [0.05, 0.1) is 24.3 Å². The Morgan fingerprint density at radius 1 is 1.13 bits per heavy atom. The lowest BCUT2D eigenvalue weighted by Gasteiger charge is -2.27. The van der Waals surface area contributed by atoms with Gasteiger partial charge < -0.3 is 19.5 Å². The number of rotatable bonds is 7. The fraction of sp³-hybridized carbons (Fsp3) is 0.304. The molecule has 0 spiro atoms. The van der Waals surface area contributed by atoms with Crippen molar-refractivity contribution in [2.24, 2.45) is 0 Å². The fourth-order valence-electron chi connectivity index (χ4n) is 3.45. The number of benzene rings is 2. The molecule has 0 saturated carbocycles. The summed E-state index contributed by atoms with van der Waals surface area (Å²) in [6.45, 7) is 4.11. The van der Waals surface area contributed by atoms with Gasteiger partial charge in [0.1, 0.15) is 17.3 Å². The largest absolute Gasteiger partial charge is 0.507 e. The fourth-order valence-corrected chi connectivity index (χ4v) is 3.45. The third kappa shape index (κ3) is 4.21. The van der Waals surface area contributed by atoms with Crippen molar-refractivity contribution in [2.75, 3.05) is 20.3 Å². The molecular formula is C23H24FNO5. The molecule has 0 radical (unpaired) electrons. The van der Waals surface area contributed by atoms with Crippen LogP contribution in [0.4, 0.5) is 4.39 Å². The molecule has 158 valence electrons. The van der Waals surface area contributed by atoms with E-state index < -0.39 is 23.5 Å². The molecule has 3 rings (SSSR count). The number of amides is 1. The van der Waals surface area contributed by atoms with E-state index in [-0.39, 0.29) is 36.2 Å². The van der Waals surface area contributed by atoms with Crippen molar-refractivity contribution in [3.05, 3.63) is 71.0 Å². The van der Waals surface area contributed by atoms with Gasteiger partial charge >= 0.3 is 0 Å². The third-order valence-electron chi connectivity index (χ3n) is 4.77. The summed E-state index contributed by atoms with van der Waals surface area (Å²) < 4.78 is 24.3. The molecule has 1 unspecified atom stereocenters. The van der Waals surface area contributed by atoms with Crippen molar-refractivity contribution in [1.82, 2.24) is 4.90 Å². The SMILES string of the molecule is COCCN1C(=O)C(=O)/C(=C(\O)c2ccc(F)cc2)C1c1ccccc1OC(C)C. The number of carbonyl (C=O) groups excluding carboxylic acids is 2. The first-order valence-electron chi connectivity index (χ1n) is 9.64. The minimum Gasteiger partial charge on any atom is -0.507 e. The molecule has 0 aromatic heterocycles. The number of Topliss-reactive ketones (excluding diaryl/α,β-unsaturated/α-hetero) is 1. The zero-order valence-corrected chi connectivity index (χ0v) is 17.1. The van der Waals surface area contributed by atoms with Gasteiger partial charge in [-0.15, -0.1) is 0 Å². The molecule has 30 heavy (non-hydrogen) atoms. The zero-order valence-electron chi connectivity index (χ0n) is 17.1. The van der Waals surface area contributed by atoms with Gasteiger partial charge in [-0.2, -0.15) is 0 Å². The molecule has 1 aliphatic rings. The molecule has 0 bridgehead atoms. The molecule has 1 saturated heterocycles. The van der Waals surface area contributed by atoms with Gasteiger partial charge in [0, 0.05) is 24.8 Å². The molecule has 6 nitrogen and oxygen atoms in total. The number of aliphatic hydroxyl groups is 1. The maximum absolute atomic E-state index is 13.3. The van der Waals surface area contributed by atoms with Gasteiger partial charge in [0.15, 0.2) is 0 Å². The van der Waals surface area contributed by atoms with Crippen LogP contribution in [0.1, 0.15) is 31.0 Å². The highest BCUT2D eigenvalue weighted by Crippen LogP contribution is 2.42. The van der Waals surface area contributed by atoms with E-state index in [1.165, 1.54) is 36.3 Å². The van der Waals surface area contributed by atoms with Crippen LogP contribution < -0.4 is 4.74 Å². The summed E-state index contributed by atoms with van der Waals surface area (Å²) in [5.41, 5.74) is 0.751. The molecular weight excluding hydrogens is 389 g/mol. The quantitative estimate of drug-likeness (QED) is 0.426. The van der Waals surface area contributed by atoms with Gasteiger partial charge in [-0.1, -0.05) is 18.2 Å². The standard InChI is InChI=1S/C23H24FNO5/c1-14(2)30-18-7-5-4-6-17(18)20-19(21(26)15-8-10-16(24)11-9-15)22(27)23(28)25(20)12-13-29-3/h4-11,14,20,26H,12-13H2,1-3H3/b21-19-. The van der Waals surface area contributed by atoms with Crippen LogP contribution in [0.5, 0.6) is 5.75 Å². The third-order valence-corrected chi connectivity index (χ3v) is 4.77. The van der Waals surface area contributed by atoms with Crippen LogP contribution in [0.3, 0.4) is 0 Å². The van der Waals surface area contributed by atoms with Crippen LogP contribution in [-0.2, 0) is 14.3 Å². The van der Waals surface area contributed by atoms with Crippen LogP contribution in [-0.4, -0.2) is 48.1 Å². The Morgan fingerprint density at radius 3 is 2.43 bits per heavy atom. The summed E-state index contributed by atoms with van der Waals surface area (Å²) in [7, 11) is 1.50. The first-order chi connectivity index (χ1) is 14.3. The number of para-hydroxylation sites is 1. The van der Waals surface area contributed by atoms with Crippen LogP contribution >= 0.6 is 0 Å². The number of nitrogens with zero attached hydrogens (tertiary/aromatic N) is 1. The Bertz CT molecular complexity index is 968. The molecule has 1 fully saturated rings. The highest BCUT2D eigenvalue weighted by Gasteiger charge is 2.46. The molecule has 2 aromatic carbocycles. The number of likely N-dealkylation sites (tertiary alicyclic amines) is 1. The molecule has 1 N–H and O–H groups in total. The van der Waals surface area contributed by atoms with Gasteiger partial charge in [0.25, 0.3) is 11.7 Å². The smallest absolute Gasteiger partial charge is 0.295 e. The molecule has 1 aliphatic heterocycles. The average Bonchev–Trinajstić information content (AvgIpc) is 2.97. The topological polar surface area (TPSA) is 76.1 Å². The Kier molecular flexibility index (Phi) is 6.52. The summed E-state index contributed by atoms with van der Waals surface area (Å²) in [6, 6.07) is 11.3. The van der Waals surface area contributed by atoms with Crippen molar-refractivity contribution in [3.8, 4) is 5.75 Å². The second kappa shape index (κ2) is 9.09. The monoisotopic (exact) mass is 413 g/mol. The molecule has 1 heterocycles. The Hall–Kier alpha value is -3.19. The van der Waals surface area contributed by atoms with Crippen LogP contribution in [0.2, 0.25) is 0 Å². The van der Waals surface area contributed by atoms with E-state index in [1.54, 1.807) is 24.3 Å². The zero-order chi connectivity index (χ0) is 21.8. The second-order valence-electron chi connectivity index (χ2n) is 7.20. The predicted octanol–water partition coefficient (Wildman–Crippen LogP) is 3.68. The number of carbonyl (C=O) groups is 2. The maximum Gasteiger partial charge on any atom is 0.295 e. The number of aliphatic hydroxyl groups excluding tert-OH is 1. The summed E-state index contributed by atoms with van der Waals surface area (Å²) in [5.74, 6) is -1.87. The number of halogens is 1. The van der Waals surface area contributed by atoms with E-state index >= 15 is 0 Å². The summed E-state index contributed by atoms with van der Waals surface area (Å²) in [4.78, 5) is 27.1. The lowest BCUT2D eigenvalue weighted by molar-refractivity contribution is -0.140. The number of methoxy groups -OCH3 is 1. The van der Waals surface area contributed by atoms with Gasteiger partial charge in [-0.25, -0.2) is 4.39 Å². The number of ketones is 1. The molecule has 2 aromatic rings. The Balaban J connectivity index is 2.19. The lowest BCUT2D eigenvalue weighted by Crippen LogP contribution is -2.33. The number of hydrogen-bond donors (Lipinski definition) is 1. The van der Waals surface area contributed by atoms with Crippen molar-refractivity contribution < 1.29 is 28.6 Å². The van der Waals surface area contributed by atoms with E-state index in [9.17, 15) is 19.1 Å². The number of hydrogen-bond acceptors (Lipinski definition) is 5. The molecule has 1 atom stereocenters. The highest BCUT2D eigenvalue weighted by molar-refractivity contribution is 6.46. The normalized spacial score (nSPS) is 18.3. The van der Waals surface area contributed by atoms with E-state index in [0.29, 0.717) is 11.3 Å². The van der Waals surface area contributed by atoms with E-state index in [2.05, 4.69) is 0 Å². The van der Waals surface area contributed by atoms with Crippen LogP contribution in [0.15, 0.2) is 54.1 Å². The molecule has 7 heteroatoms. The molecule has 0 aliphatic carbocycles. The van der Waals surface area contributed by atoms with E-state index in [4.69, 9.17) is 9.47 Å². The second-order valence-corrected chi connectivity index (χ2v) is 7.20. The highest BCUT2D eigenvalue weighted by atomic mass is 19.1.